The molecule has 1 fully saturated rings. The number of amides is 2. The molecule has 2 rings (SSSR count). The van der Waals surface area contributed by atoms with Crippen LogP contribution in [0.2, 0.25) is 5.02 Å². The maximum absolute atomic E-state index is 13.9. The van der Waals surface area contributed by atoms with Gasteiger partial charge in [-0.05, 0) is 50.9 Å². The number of piperidine rings is 1. The zero-order valence-corrected chi connectivity index (χ0v) is 17.5. The summed E-state index contributed by atoms with van der Waals surface area (Å²) in [5, 5.41) is 5.92. The van der Waals surface area contributed by atoms with Crippen LogP contribution >= 0.6 is 11.6 Å². The normalized spacial score (nSPS) is 18.5. The molecule has 156 valence electrons. The molecule has 1 aromatic rings. The molecule has 2 unspecified atom stereocenters. The van der Waals surface area contributed by atoms with Crippen molar-refractivity contribution in [1.82, 2.24) is 10.2 Å². The first-order valence-electron chi connectivity index (χ1n) is 10.2. The van der Waals surface area contributed by atoms with Crippen molar-refractivity contribution in [3.63, 3.8) is 0 Å². The van der Waals surface area contributed by atoms with Crippen molar-refractivity contribution in [3.05, 3.63) is 29.0 Å². The number of nitrogens with zero attached hydrogens (tertiary/aromatic N) is 1. The molecule has 7 heteroatoms. The number of anilines is 1. The van der Waals surface area contributed by atoms with E-state index in [9.17, 15) is 14.0 Å². The Balaban J connectivity index is 1.84. The summed E-state index contributed by atoms with van der Waals surface area (Å²) >= 11 is 5.75. The molecular weight excluding hydrogens is 381 g/mol. The SMILES string of the molecule is CCCCCCNC(=O)C1CCCN(C(C)C(=O)Nc2ccc(Cl)cc2F)C1. The minimum atomic E-state index is -0.563. The van der Waals surface area contributed by atoms with Gasteiger partial charge in [0.25, 0.3) is 0 Å². The Labute approximate surface area is 172 Å². The van der Waals surface area contributed by atoms with Crippen molar-refractivity contribution in [3.8, 4) is 0 Å². The van der Waals surface area contributed by atoms with Gasteiger partial charge in [-0.15, -0.1) is 0 Å². The monoisotopic (exact) mass is 411 g/mol. The molecule has 5 nitrogen and oxygen atoms in total. The molecule has 0 aromatic heterocycles. The maximum Gasteiger partial charge on any atom is 0.241 e. The van der Waals surface area contributed by atoms with Gasteiger partial charge in [0.1, 0.15) is 5.82 Å². The molecule has 1 heterocycles. The van der Waals surface area contributed by atoms with E-state index in [1.807, 2.05) is 4.90 Å². The Morgan fingerprint density at radius 1 is 1.32 bits per heavy atom. The second-order valence-electron chi connectivity index (χ2n) is 7.48. The maximum atomic E-state index is 13.9. The molecule has 1 saturated heterocycles. The number of nitrogens with one attached hydrogen (secondary N) is 2. The molecule has 0 spiro atoms. The van der Waals surface area contributed by atoms with E-state index >= 15 is 0 Å². The van der Waals surface area contributed by atoms with Crippen molar-refractivity contribution in [2.45, 2.75) is 58.4 Å². The molecule has 2 N–H and O–H groups in total. The van der Waals surface area contributed by atoms with E-state index in [2.05, 4.69) is 17.6 Å². The van der Waals surface area contributed by atoms with E-state index < -0.39 is 11.9 Å². The fraction of sp³-hybridized carbons (Fsp3) is 0.619. The van der Waals surface area contributed by atoms with E-state index in [1.165, 1.54) is 31.0 Å². The molecule has 0 bridgehead atoms. The van der Waals surface area contributed by atoms with Gasteiger partial charge in [0.15, 0.2) is 0 Å². The number of carbonyl (C=O) groups is 2. The van der Waals surface area contributed by atoms with Crippen LogP contribution in [0.15, 0.2) is 18.2 Å². The molecule has 2 amide bonds. The van der Waals surface area contributed by atoms with Gasteiger partial charge < -0.3 is 10.6 Å². The fourth-order valence-electron chi connectivity index (χ4n) is 3.47. The fourth-order valence-corrected chi connectivity index (χ4v) is 3.63. The topological polar surface area (TPSA) is 61.4 Å². The summed E-state index contributed by atoms with van der Waals surface area (Å²) in [5.41, 5.74) is 0.111. The lowest BCUT2D eigenvalue weighted by Crippen LogP contribution is -2.50. The van der Waals surface area contributed by atoms with Crippen LogP contribution in [0, 0.1) is 11.7 Å². The zero-order valence-electron chi connectivity index (χ0n) is 16.8. The largest absolute Gasteiger partial charge is 0.356 e. The van der Waals surface area contributed by atoms with Crippen molar-refractivity contribution in [1.29, 1.82) is 0 Å². The Bertz CT molecular complexity index is 671. The molecule has 2 atom stereocenters. The van der Waals surface area contributed by atoms with E-state index in [1.54, 1.807) is 6.92 Å². The zero-order chi connectivity index (χ0) is 20.5. The number of likely N-dealkylation sites (tertiary alicyclic amines) is 1. The number of hydrogen-bond acceptors (Lipinski definition) is 3. The van der Waals surface area contributed by atoms with Crippen LogP contribution < -0.4 is 10.6 Å². The van der Waals surface area contributed by atoms with Gasteiger partial charge in [0, 0.05) is 18.1 Å². The number of halogens is 2. The lowest BCUT2D eigenvalue weighted by molar-refractivity contribution is -0.129. The molecule has 0 saturated carbocycles. The minimum Gasteiger partial charge on any atom is -0.356 e. The smallest absolute Gasteiger partial charge is 0.241 e. The lowest BCUT2D eigenvalue weighted by Gasteiger charge is -2.35. The highest BCUT2D eigenvalue weighted by atomic mass is 35.5. The first-order chi connectivity index (χ1) is 13.4. The van der Waals surface area contributed by atoms with Gasteiger partial charge in [-0.2, -0.15) is 0 Å². The summed E-state index contributed by atoms with van der Waals surface area (Å²) in [6.07, 6.45) is 6.19. The van der Waals surface area contributed by atoms with Crippen molar-refractivity contribution in [2.24, 2.45) is 5.92 Å². The second kappa shape index (κ2) is 11.4. The first kappa shape index (κ1) is 22.6. The quantitative estimate of drug-likeness (QED) is 0.598. The van der Waals surface area contributed by atoms with Gasteiger partial charge >= 0.3 is 0 Å². The summed E-state index contributed by atoms with van der Waals surface area (Å²) in [5.74, 6) is -0.895. The van der Waals surface area contributed by atoms with E-state index in [0.717, 1.165) is 32.2 Å². The molecular formula is C21H31ClFN3O2. The predicted molar refractivity (Wildman–Crippen MR) is 111 cm³/mol. The Kier molecular flexibility index (Phi) is 9.19. The van der Waals surface area contributed by atoms with Crippen LogP contribution in [0.5, 0.6) is 0 Å². The summed E-state index contributed by atoms with van der Waals surface area (Å²) in [6.45, 7) is 5.94. The molecule has 1 aromatic carbocycles. The summed E-state index contributed by atoms with van der Waals surface area (Å²) < 4.78 is 13.9. The van der Waals surface area contributed by atoms with Gasteiger partial charge in [-0.1, -0.05) is 37.8 Å². The number of carbonyl (C=O) groups excluding carboxylic acids is 2. The first-order valence-corrected chi connectivity index (χ1v) is 10.6. The highest BCUT2D eigenvalue weighted by Crippen LogP contribution is 2.22. The van der Waals surface area contributed by atoms with E-state index in [-0.39, 0.29) is 28.4 Å². The minimum absolute atomic E-state index is 0.0672. The van der Waals surface area contributed by atoms with Crippen LogP contribution in [0.25, 0.3) is 0 Å². The van der Waals surface area contributed by atoms with Gasteiger partial charge in [0.05, 0.1) is 17.6 Å². The third kappa shape index (κ3) is 6.74. The number of hydrogen-bond donors (Lipinski definition) is 2. The summed E-state index contributed by atoms with van der Waals surface area (Å²) in [6, 6.07) is 3.71. The number of unbranched alkanes of at least 4 members (excludes halogenated alkanes) is 3. The Hall–Kier alpha value is -1.66. The van der Waals surface area contributed by atoms with Crippen molar-refractivity contribution >= 4 is 29.1 Å². The predicted octanol–water partition coefficient (Wildman–Crippen LogP) is 4.21. The van der Waals surface area contributed by atoms with Crippen LogP contribution in [0.3, 0.4) is 0 Å². The van der Waals surface area contributed by atoms with Crippen LogP contribution in [-0.2, 0) is 9.59 Å². The molecule has 0 aliphatic carbocycles. The van der Waals surface area contributed by atoms with Crippen LogP contribution in [-0.4, -0.2) is 42.4 Å². The standard InChI is InChI=1S/C21H31ClFN3O2/c1-3-4-5-6-11-24-21(28)16-8-7-12-26(14-16)15(2)20(27)25-19-10-9-17(22)13-18(19)23/h9-10,13,15-16H,3-8,11-12,14H2,1-2H3,(H,24,28)(H,25,27). The van der Waals surface area contributed by atoms with Crippen molar-refractivity contribution in [2.75, 3.05) is 25.0 Å². The second-order valence-corrected chi connectivity index (χ2v) is 7.91. The average Bonchev–Trinajstić information content (AvgIpc) is 2.69. The average molecular weight is 412 g/mol. The highest BCUT2D eigenvalue weighted by Gasteiger charge is 2.31. The van der Waals surface area contributed by atoms with Crippen LogP contribution in [0.4, 0.5) is 10.1 Å². The van der Waals surface area contributed by atoms with Gasteiger partial charge in [-0.3, -0.25) is 14.5 Å². The van der Waals surface area contributed by atoms with Crippen molar-refractivity contribution < 1.29 is 14.0 Å². The van der Waals surface area contributed by atoms with Gasteiger partial charge in [-0.25, -0.2) is 4.39 Å². The third-order valence-corrected chi connectivity index (χ3v) is 5.50. The van der Waals surface area contributed by atoms with E-state index in [0.29, 0.717) is 13.1 Å². The highest BCUT2D eigenvalue weighted by molar-refractivity contribution is 6.30. The molecule has 1 aliphatic rings. The Morgan fingerprint density at radius 3 is 2.82 bits per heavy atom. The lowest BCUT2D eigenvalue weighted by atomic mass is 9.95. The molecule has 28 heavy (non-hydrogen) atoms. The summed E-state index contributed by atoms with van der Waals surface area (Å²) in [7, 11) is 0. The van der Waals surface area contributed by atoms with Crippen LogP contribution in [0.1, 0.15) is 52.4 Å². The molecule has 1 aliphatic heterocycles. The number of benzene rings is 1. The Morgan fingerprint density at radius 2 is 2.11 bits per heavy atom. The number of rotatable bonds is 9. The molecule has 0 radical (unpaired) electrons. The summed E-state index contributed by atoms with van der Waals surface area (Å²) in [4.78, 5) is 27.0. The van der Waals surface area contributed by atoms with Gasteiger partial charge in [0.2, 0.25) is 11.8 Å². The third-order valence-electron chi connectivity index (χ3n) is 5.27. The van der Waals surface area contributed by atoms with E-state index in [4.69, 9.17) is 11.6 Å².